The first-order valence-corrected chi connectivity index (χ1v) is 4.77. The Hall–Kier alpha value is -0.770. The highest BCUT2D eigenvalue weighted by Crippen LogP contribution is 2.18. The zero-order valence-corrected chi connectivity index (χ0v) is 8.32. The van der Waals surface area contributed by atoms with Crippen LogP contribution >= 0.6 is 0 Å². The van der Waals surface area contributed by atoms with Crippen molar-refractivity contribution in [3.63, 3.8) is 0 Å². The molecule has 2 unspecified atom stereocenters. The standard InChI is InChI=1S/C9H18N2O2/c1-3-7-6-11(9(12)13-2)5-4-8(7)10/h7-8H,3-6,10H2,1-2H3. The summed E-state index contributed by atoms with van der Waals surface area (Å²) in [6.45, 7) is 3.57. The van der Waals surface area contributed by atoms with Gasteiger partial charge in [0.2, 0.25) is 0 Å². The summed E-state index contributed by atoms with van der Waals surface area (Å²) in [5, 5.41) is 0. The van der Waals surface area contributed by atoms with Crippen molar-refractivity contribution in [1.29, 1.82) is 0 Å². The Morgan fingerprint density at radius 1 is 1.69 bits per heavy atom. The van der Waals surface area contributed by atoms with Gasteiger partial charge in [-0.1, -0.05) is 13.3 Å². The average molecular weight is 186 g/mol. The molecule has 0 saturated carbocycles. The van der Waals surface area contributed by atoms with E-state index in [1.807, 2.05) is 0 Å². The SMILES string of the molecule is CCC1CN(C(=O)OC)CCC1N. The monoisotopic (exact) mass is 186 g/mol. The van der Waals surface area contributed by atoms with E-state index in [9.17, 15) is 4.79 Å². The number of piperidine rings is 1. The van der Waals surface area contributed by atoms with Gasteiger partial charge in [-0.2, -0.15) is 0 Å². The van der Waals surface area contributed by atoms with E-state index in [-0.39, 0.29) is 12.1 Å². The summed E-state index contributed by atoms with van der Waals surface area (Å²) < 4.78 is 4.66. The van der Waals surface area contributed by atoms with Crippen LogP contribution in [0, 0.1) is 5.92 Å². The summed E-state index contributed by atoms with van der Waals surface area (Å²) in [6, 6.07) is 0.242. The van der Waals surface area contributed by atoms with Gasteiger partial charge in [0.15, 0.2) is 0 Å². The predicted octanol–water partition coefficient (Wildman–Crippen LogP) is 0.812. The summed E-state index contributed by atoms with van der Waals surface area (Å²) in [6.07, 6.45) is 1.67. The lowest BCUT2D eigenvalue weighted by Gasteiger charge is -2.35. The average Bonchev–Trinajstić information content (AvgIpc) is 2.17. The third-order valence-corrected chi connectivity index (χ3v) is 2.75. The van der Waals surface area contributed by atoms with Crippen molar-refractivity contribution < 1.29 is 9.53 Å². The Balaban J connectivity index is 2.49. The van der Waals surface area contributed by atoms with Crippen LogP contribution in [0.4, 0.5) is 4.79 Å². The van der Waals surface area contributed by atoms with E-state index < -0.39 is 0 Å². The molecule has 1 aliphatic rings. The lowest BCUT2D eigenvalue weighted by molar-refractivity contribution is 0.0956. The smallest absolute Gasteiger partial charge is 0.409 e. The maximum atomic E-state index is 11.2. The first-order chi connectivity index (χ1) is 6.19. The maximum Gasteiger partial charge on any atom is 0.409 e. The zero-order chi connectivity index (χ0) is 9.84. The second kappa shape index (κ2) is 4.46. The summed E-state index contributed by atoms with van der Waals surface area (Å²) in [5.41, 5.74) is 5.91. The largest absolute Gasteiger partial charge is 0.453 e. The van der Waals surface area contributed by atoms with Gasteiger partial charge in [-0.05, 0) is 12.3 Å². The Morgan fingerprint density at radius 3 is 2.92 bits per heavy atom. The van der Waals surface area contributed by atoms with Gasteiger partial charge in [0.05, 0.1) is 7.11 Å². The van der Waals surface area contributed by atoms with Crippen molar-refractivity contribution in [2.45, 2.75) is 25.8 Å². The molecule has 1 aliphatic heterocycles. The second-order valence-electron chi connectivity index (χ2n) is 3.54. The number of rotatable bonds is 1. The first-order valence-electron chi connectivity index (χ1n) is 4.77. The van der Waals surface area contributed by atoms with Crippen molar-refractivity contribution >= 4 is 6.09 Å². The van der Waals surface area contributed by atoms with E-state index in [1.165, 1.54) is 7.11 Å². The summed E-state index contributed by atoms with van der Waals surface area (Å²) in [7, 11) is 1.41. The predicted molar refractivity (Wildman–Crippen MR) is 50.4 cm³/mol. The molecule has 1 saturated heterocycles. The van der Waals surface area contributed by atoms with Gasteiger partial charge in [-0.15, -0.1) is 0 Å². The molecule has 2 N–H and O–H groups in total. The highest BCUT2D eigenvalue weighted by Gasteiger charge is 2.28. The summed E-state index contributed by atoms with van der Waals surface area (Å²) >= 11 is 0. The minimum Gasteiger partial charge on any atom is -0.453 e. The number of carbonyl (C=O) groups excluding carboxylic acids is 1. The maximum absolute atomic E-state index is 11.2. The number of methoxy groups -OCH3 is 1. The van der Waals surface area contributed by atoms with Crippen LogP contribution in [0.15, 0.2) is 0 Å². The van der Waals surface area contributed by atoms with Crippen LogP contribution < -0.4 is 5.73 Å². The molecular formula is C9H18N2O2. The van der Waals surface area contributed by atoms with E-state index in [4.69, 9.17) is 5.73 Å². The van der Waals surface area contributed by atoms with Crippen molar-refractivity contribution in [2.24, 2.45) is 11.7 Å². The molecule has 1 heterocycles. The fourth-order valence-electron chi connectivity index (χ4n) is 1.78. The van der Waals surface area contributed by atoms with E-state index in [2.05, 4.69) is 11.7 Å². The molecule has 1 rings (SSSR count). The lowest BCUT2D eigenvalue weighted by Crippen LogP contribution is -2.48. The number of nitrogens with two attached hydrogens (primary N) is 1. The van der Waals surface area contributed by atoms with Crippen LogP contribution in [0.25, 0.3) is 0 Å². The van der Waals surface area contributed by atoms with Crippen LogP contribution in [0.3, 0.4) is 0 Å². The fraction of sp³-hybridized carbons (Fsp3) is 0.889. The molecule has 0 aromatic heterocycles. The van der Waals surface area contributed by atoms with Crippen molar-refractivity contribution in [3.8, 4) is 0 Å². The molecule has 1 fully saturated rings. The third kappa shape index (κ3) is 2.34. The highest BCUT2D eigenvalue weighted by molar-refractivity contribution is 5.67. The van der Waals surface area contributed by atoms with Gasteiger partial charge in [0, 0.05) is 19.1 Å². The van der Waals surface area contributed by atoms with Crippen LogP contribution in [0.2, 0.25) is 0 Å². The topological polar surface area (TPSA) is 55.6 Å². The number of amides is 1. The molecule has 0 radical (unpaired) electrons. The number of nitrogens with zero attached hydrogens (tertiary/aromatic N) is 1. The second-order valence-corrected chi connectivity index (χ2v) is 3.54. The first kappa shape index (κ1) is 10.3. The minimum absolute atomic E-state index is 0.231. The molecule has 0 spiro atoms. The number of carbonyl (C=O) groups is 1. The lowest BCUT2D eigenvalue weighted by atomic mass is 9.91. The quantitative estimate of drug-likeness (QED) is 0.659. The molecule has 4 nitrogen and oxygen atoms in total. The molecular weight excluding hydrogens is 168 g/mol. The number of ether oxygens (including phenoxy) is 1. The number of hydrogen-bond acceptors (Lipinski definition) is 3. The van der Waals surface area contributed by atoms with Gasteiger partial charge in [-0.25, -0.2) is 4.79 Å². The van der Waals surface area contributed by atoms with Gasteiger partial charge >= 0.3 is 6.09 Å². The Kier molecular flexibility index (Phi) is 3.54. The molecule has 1 amide bonds. The van der Waals surface area contributed by atoms with Crippen molar-refractivity contribution in [3.05, 3.63) is 0 Å². The van der Waals surface area contributed by atoms with E-state index >= 15 is 0 Å². The molecule has 4 heteroatoms. The van der Waals surface area contributed by atoms with Gasteiger partial charge < -0.3 is 15.4 Å². The minimum atomic E-state index is -0.231. The Morgan fingerprint density at radius 2 is 2.38 bits per heavy atom. The van der Waals surface area contributed by atoms with Crippen LogP contribution in [-0.2, 0) is 4.74 Å². The molecule has 0 aliphatic carbocycles. The highest BCUT2D eigenvalue weighted by atomic mass is 16.5. The number of hydrogen-bond donors (Lipinski definition) is 1. The van der Waals surface area contributed by atoms with Crippen LogP contribution in [-0.4, -0.2) is 37.2 Å². The normalized spacial score (nSPS) is 28.7. The van der Waals surface area contributed by atoms with Gasteiger partial charge in [-0.3, -0.25) is 0 Å². The third-order valence-electron chi connectivity index (χ3n) is 2.75. The van der Waals surface area contributed by atoms with E-state index in [0.717, 1.165) is 25.9 Å². The van der Waals surface area contributed by atoms with Gasteiger partial charge in [0.1, 0.15) is 0 Å². The van der Waals surface area contributed by atoms with Crippen LogP contribution in [0.5, 0.6) is 0 Å². The Labute approximate surface area is 79.0 Å². The molecule has 0 bridgehead atoms. The van der Waals surface area contributed by atoms with Crippen molar-refractivity contribution in [2.75, 3.05) is 20.2 Å². The zero-order valence-electron chi connectivity index (χ0n) is 8.32. The summed E-state index contributed by atoms with van der Waals surface area (Å²) in [4.78, 5) is 12.9. The molecule has 0 aromatic carbocycles. The van der Waals surface area contributed by atoms with E-state index in [0.29, 0.717) is 5.92 Å². The number of likely N-dealkylation sites (tertiary alicyclic amines) is 1. The van der Waals surface area contributed by atoms with Crippen molar-refractivity contribution in [1.82, 2.24) is 4.90 Å². The van der Waals surface area contributed by atoms with Crippen LogP contribution in [0.1, 0.15) is 19.8 Å². The Bertz CT molecular complexity index is 184. The fourth-order valence-corrected chi connectivity index (χ4v) is 1.78. The van der Waals surface area contributed by atoms with Gasteiger partial charge in [0.25, 0.3) is 0 Å². The molecule has 76 valence electrons. The molecule has 0 aromatic rings. The van der Waals surface area contributed by atoms with E-state index in [1.54, 1.807) is 4.90 Å². The molecule has 2 atom stereocenters. The summed E-state index contributed by atoms with van der Waals surface area (Å²) in [5.74, 6) is 0.424. The molecule has 13 heavy (non-hydrogen) atoms.